The van der Waals surface area contributed by atoms with Gasteiger partial charge in [0.15, 0.2) is 0 Å². The summed E-state index contributed by atoms with van der Waals surface area (Å²) in [4.78, 5) is 20.6. The SMILES string of the molecule is CC(NC1CCC(n2nc(-c3cccnc3)ccc2=O)CC1)c1ccncc1. The average molecular weight is 375 g/mol. The lowest BCUT2D eigenvalue weighted by Gasteiger charge is -2.31. The molecule has 1 fully saturated rings. The van der Waals surface area contributed by atoms with Crippen LogP contribution in [0.2, 0.25) is 0 Å². The fraction of sp³-hybridized carbons (Fsp3) is 0.364. The Kier molecular flexibility index (Phi) is 5.58. The van der Waals surface area contributed by atoms with Crippen LogP contribution in [0.1, 0.15) is 50.3 Å². The van der Waals surface area contributed by atoms with Crippen LogP contribution in [0.4, 0.5) is 0 Å². The maximum Gasteiger partial charge on any atom is 0.267 e. The van der Waals surface area contributed by atoms with Crippen molar-refractivity contribution in [3.05, 3.63) is 77.1 Å². The van der Waals surface area contributed by atoms with Crippen molar-refractivity contribution in [2.75, 3.05) is 0 Å². The number of rotatable bonds is 5. The minimum Gasteiger partial charge on any atom is -0.307 e. The molecule has 0 aliphatic heterocycles. The van der Waals surface area contributed by atoms with E-state index in [1.165, 1.54) is 5.56 Å². The van der Waals surface area contributed by atoms with Crippen LogP contribution in [0.3, 0.4) is 0 Å². The van der Waals surface area contributed by atoms with Gasteiger partial charge >= 0.3 is 0 Å². The molecule has 3 heterocycles. The summed E-state index contributed by atoms with van der Waals surface area (Å²) in [6.45, 7) is 2.19. The Morgan fingerprint density at radius 2 is 1.79 bits per heavy atom. The van der Waals surface area contributed by atoms with Crippen LogP contribution in [-0.4, -0.2) is 25.8 Å². The summed E-state index contributed by atoms with van der Waals surface area (Å²) in [7, 11) is 0. The maximum atomic E-state index is 12.4. The molecule has 0 radical (unpaired) electrons. The molecule has 6 heteroatoms. The zero-order valence-electron chi connectivity index (χ0n) is 16.0. The molecule has 1 atom stereocenters. The van der Waals surface area contributed by atoms with Gasteiger partial charge in [-0.15, -0.1) is 0 Å². The number of nitrogens with one attached hydrogen (secondary N) is 1. The minimum atomic E-state index is -0.0331. The first-order valence-electron chi connectivity index (χ1n) is 9.87. The molecule has 144 valence electrons. The molecule has 3 aromatic rings. The van der Waals surface area contributed by atoms with Crippen LogP contribution in [-0.2, 0) is 0 Å². The fourth-order valence-electron chi connectivity index (χ4n) is 3.94. The van der Waals surface area contributed by atoms with Crippen LogP contribution in [0.25, 0.3) is 11.3 Å². The summed E-state index contributed by atoms with van der Waals surface area (Å²) in [6.07, 6.45) is 11.1. The third-order valence-electron chi connectivity index (χ3n) is 5.52. The lowest BCUT2D eigenvalue weighted by Crippen LogP contribution is -2.37. The summed E-state index contributed by atoms with van der Waals surface area (Å²) in [5, 5.41) is 8.35. The molecule has 0 saturated heterocycles. The quantitative estimate of drug-likeness (QED) is 0.738. The third-order valence-corrected chi connectivity index (χ3v) is 5.52. The summed E-state index contributed by atoms with van der Waals surface area (Å²) < 4.78 is 1.67. The van der Waals surface area contributed by atoms with E-state index >= 15 is 0 Å². The van der Waals surface area contributed by atoms with E-state index in [0.29, 0.717) is 12.1 Å². The van der Waals surface area contributed by atoms with Gasteiger partial charge in [0.25, 0.3) is 5.56 Å². The zero-order valence-corrected chi connectivity index (χ0v) is 16.0. The highest BCUT2D eigenvalue weighted by molar-refractivity contribution is 5.56. The lowest BCUT2D eigenvalue weighted by molar-refractivity contribution is 0.259. The molecule has 28 heavy (non-hydrogen) atoms. The van der Waals surface area contributed by atoms with Crippen LogP contribution in [0.5, 0.6) is 0 Å². The number of hydrogen-bond acceptors (Lipinski definition) is 5. The molecule has 0 aromatic carbocycles. The van der Waals surface area contributed by atoms with Gasteiger partial charge in [-0.1, -0.05) is 0 Å². The van der Waals surface area contributed by atoms with Crippen molar-refractivity contribution in [3.8, 4) is 11.3 Å². The van der Waals surface area contributed by atoms with Crippen LogP contribution in [0, 0.1) is 0 Å². The molecule has 1 N–H and O–H groups in total. The highest BCUT2D eigenvalue weighted by Gasteiger charge is 2.25. The van der Waals surface area contributed by atoms with Crippen LogP contribution < -0.4 is 10.9 Å². The zero-order chi connectivity index (χ0) is 19.3. The van der Waals surface area contributed by atoms with Gasteiger partial charge in [0.1, 0.15) is 0 Å². The first-order chi connectivity index (χ1) is 13.7. The lowest BCUT2D eigenvalue weighted by atomic mass is 9.90. The molecular formula is C22H25N5O. The Labute approximate surface area is 164 Å². The van der Waals surface area contributed by atoms with E-state index in [1.807, 2.05) is 24.5 Å². The predicted octanol–water partition coefficient (Wildman–Crippen LogP) is 3.53. The molecule has 0 amide bonds. The number of hydrogen-bond donors (Lipinski definition) is 1. The highest BCUT2D eigenvalue weighted by atomic mass is 16.1. The Morgan fingerprint density at radius 3 is 2.50 bits per heavy atom. The second kappa shape index (κ2) is 8.44. The van der Waals surface area contributed by atoms with E-state index in [9.17, 15) is 4.79 Å². The van der Waals surface area contributed by atoms with E-state index in [-0.39, 0.29) is 11.6 Å². The Hall–Kier alpha value is -2.86. The summed E-state index contributed by atoms with van der Waals surface area (Å²) in [5.74, 6) is 0. The molecule has 1 aliphatic rings. The highest BCUT2D eigenvalue weighted by Crippen LogP contribution is 2.29. The van der Waals surface area contributed by atoms with E-state index < -0.39 is 0 Å². The topological polar surface area (TPSA) is 72.7 Å². The predicted molar refractivity (Wildman–Crippen MR) is 109 cm³/mol. The van der Waals surface area contributed by atoms with Gasteiger partial charge in [-0.05, 0) is 68.5 Å². The first-order valence-corrected chi connectivity index (χ1v) is 9.87. The molecule has 1 unspecified atom stereocenters. The van der Waals surface area contributed by atoms with E-state index in [1.54, 1.807) is 29.2 Å². The summed E-state index contributed by atoms with van der Waals surface area (Å²) in [5.41, 5.74) is 2.94. The number of aromatic nitrogens is 4. The standard InChI is InChI=1S/C22H25N5O/c1-16(17-10-13-23-14-11-17)25-19-4-6-20(7-5-19)27-22(28)9-8-21(26-27)18-3-2-12-24-15-18/h2-3,8-16,19-20,25H,4-7H2,1H3. The smallest absolute Gasteiger partial charge is 0.267 e. The van der Waals surface area contributed by atoms with Gasteiger partial charge in [-0.25, -0.2) is 4.68 Å². The normalized spacial score (nSPS) is 20.6. The number of pyridine rings is 2. The van der Waals surface area contributed by atoms with Gasteiger partial charge in [0, 0.05) is 48.5 Å². The monoisotopic (exact) mass is 375 g/mol. The molecule has 3 aromatic heterocycles. The van der Waals surface area contributed by atoms with Crippen molar-refractivity contribution in [3.63, 3.8) is 0 Å². The van der Waals surface area contributed by atoms with Gasteiger partial charge in [-0.2, -0.15) is 5.10 Å². The molecular weight excluding hydrogens is 350 g/mol. The van der Waals surface area contributed by atoms with Crippen molar-refractivity contribution in [2.45, 2.75) is 50.7 Å². The Bertz CT molecular complexity index is 949. The first kappa shape index (κ1) is 18.5. The third kappa shape index (κ3) is 4.17. The van der Waals surface area contributed by atoms with E-state index in [2.05, 4.69) is 39.4 Å². The molecule has 1 aliphatic carbocycles. The van der Waals surface area contributed by atoms with E-state index in [0.717, 1.165) is 36.9 Å². The van der Waals surface area contributed by atoms with Gasteiger partial charge in [0.05, 0.1) is 11.7 Å². The van der Waals surface area contributed by atoms with Gasteiger partial charge in [0.2, 0.25) is 0 Å². The fourth-order valence-corrected chi connectivity index (χ4v) is 3.94. The Balaban J connectivity index is 1.42. The molecule has 0 spiro atoms. The van der Waals surface area contributed by atoms with Crippen molar-refractivity contribution in [1.82, 2.24) is 25.1 Å². The average Bonchev–Trinajstić information content (AvgIpc) is 2.76. The molecule has 1 saturated carbocycles. The van der Waals surface area contributed by atoms with E-state index in [4.69, 9.17) is 0 Å². The van der Waals surface area contributed by atoms with Crippen LogP contribution >= 0.6 is 0 Å². The van der Waals surface area contributed by atoms with Crippen LogP contribution in [0.15, 0.2) is 66.0 Å². The van der Waals surface area contributed by atoms with Gasteiger partial charge < -0.3 is 5.32 Å². The Morgan fingerprint density at radius 1 is 1.00 bits per heavy atom. The minimum absolute atomic E-state index is 0.0331. The summed E-state index contributed by atoms with van der Waals surface area (Å²) in [6, 6.07) is 12.2. The van der Waals surface area contributed by atoms with Crippen molar-refractivity contribution >= 4 is 0 Å². The second-order valence-electron chi connectivity index (χ2n) is 7.42. The van der Waals surface area contributed by atoms with Crippen molar-refractivity contribution < 1.29 is 0 Å². The largest absolute Gasteiger partial charge is 0.307 e. The molecule has 4 rings (SSSR count). The second-order valence-corrected chi connectivity index (χ2v) is 7.42. The van der Waals surface area contributed by atoms with Crippen molar-refractivity contribution in [1.29, 1.82) is 0 Å². The summed E-state index contributed by atoms with van der Waals surface area (Å²) >= 11 is 0. The van der Waals surface area contributed by atoms with Gasteiger partial charge in [-0.3, -0.25) is 14.8 Å². The number of nitrogens with zero attached hydrogens (tertiary/aromatic N) is 4. The maximum absolute atomic E-state index is 12.4. The molecule has 6 nitrogen and oxygen atoms in total. The molecule has 0 bridgehead atoms. The van der Waals surface area contributed by atoms with Crippen molar-refractivity contribution in [2.24, 2.45) is 0 Å².